The number of aliphatic hydroxyl groups is 2. The van der Waals surface area contributed by atoms with Crippen molar-refractivity contribution in [2.24, 2.45) is 5.41 Å². The zero-order valence-corrected chi connectivity index (χ0v) is 10.7. The van der Waals surface area contributed by atoms with Gasteiger partial charge in [0.15, 0.2) is 0 Å². The van der Waals surface area contributed by atoms with Crippen LogP contribution < -0.4 is 0 Å². The van der Waals surface area contributed by atoms with Gasteiger partial charge in [-0.15, -0.1) is 0 Å². The minimum absolute atomic E-state index is 0.117. The van der Waals surface area contributed by atoms with Crippen molar-refractivity contribution >= 4 is 0 Å². The van der Waals surface area contributed by atoms with Gasteiger partial charge in [0, 0.05) is 24.1 Å². The quantitative estimate of drug-likeness (QED) is 0.722. The first-order chi connectivity index (χ1) is 7.46. The lowest BCUT2D eigenvalue weighted by Gasteiger charge is -2.43. The van der Waals surface area contributed by atoms with Crippen LogP contribution in [0.2, 0.25) is 0 Å². The van der Waals surface area contributed by atoms with Gasteiger partial charge in [-0.1, -0.05) is 0 Å². The summed E-state index contributed by atoms with van der Waals surface area (Å²) in [7, 11) is 1.99. The Hall–Kier alpha value is -0.160. The number of hydrogen-bond acceptors (Lipinski definition) is 4. The fraction of sp³-hybridized carbons (Fsp3) is 1.00. The highest BCUT2D eigenvalue weighted by Gasteiger charge is 2.36. The smallest absolute Gasteiger partial charge is 0.0609 e. The van der Waals surface area contributed by atoms with Gasteiger partial charge in [-0.2, -0.15) is 0 Å². The van der Waals surface area contributed by atoms with Crippen molar-refractivity contribution in [1.29, 1.82) is 0 Å². The summed E-state index contributed by atoms with van der Waals surface area (Å²) < 4.78 is 5.47. The van der Waals surface area contributed by atoms with Crippen molar-refractivity contribution in [2.75, 3.05) is 40.0 Å². The lowest BCUT2D eigenvalue weighted by Crippen LogP contribution is -2.52. The van der Waals surface area contributed by atoms with E-state index >= 15 is 0 Å². The Morgan fingerprint density at radius 3 is 2.50 bits per heavy atom. The number of hydrogen-bond donors (Lipinski definition) is 2. The molecule has 1 aliphatic rings. The van der Waals surface area contributed by atoms with Crippen LogP contribution in [0.15, 0.2) is 0 Å². The molecule has 0 aromatic heterocycles. The minimum Gasteiger partial charge on any atom is -0.396 e. The van der Waals surface area contributed by atoms with E-state index < -0.39 is 0 Å². The first-order valence-electron chi connectivity index (χ1n) is 5.96. The third-order valence-electron chi connectivity index (χ3n) is 3.73. The summed E-state index contributed by atoms with van der Waals surface area (Å²) in [6.07, 6.45) is 2.00. The van der Waals surface area contributed by atoms with Gasteiger partial charge < -0.3 is 14.9 Å². The molecule has 4 nitrogen and oxygen atoms in total. The molecule has 0 aromatic rings. The van der Waals surface area contributed by atoms with Gasteiger partial charge in [0.25, 0.3) is 0 Å². The maximum atomic E-state index is 9.56. The second-order valence-electron chi connectivity index (χ2n) is 5.64. The number of ether oxygens (including phenoxy) is 1. The number of rotatable bonds is 5. The molecule has 1 unspecified atom stereocenters. The third-order valence-corrected chi connectivity index (χ3v) is 3.73. The van der Waals surface area contributed by atoms with Crippen LogP contribution in [0.25, 0.3) is 0 Å². The molecule has 1 saturated heterocycles. The average molecular weight is 231 g/mol. The third kappa shape index (κ3) is 3.17. The van der Waals surface area contributed by atoms with Crippen LogP contribution in [0, 0.1) is 5.41 Å². The maximum Gasteiger partial charge on any atom is 0.0609 e. The van der Waals surface area contributed by atoms with Gasteiger partial charge in [0.05, 0.1) is 19.8 Å². The van der Waals surface area contributed by atoms with Crippen molar-refractivity contribution in [3.05, 3.63) is 0 Å². The van der Waals surface area contributed by atoms with Crippen LogP contribution in [0.4, 0.5) is 0 Å². The highest BCUT2D eigenvalue weighted by molar-refractivity contribution is 4.88. The van der Waals surface area contributed by atoms with Crippen molar-refractivity contribution in [3.63, 3.8) is 0 Å². The molecule has 1 atom stereocenters. The first kappa shape index (κ1) is 13.9. The largest absolute Gasteiger partial charge is 0.396 e. The van der Waals surface area contributed by atoms with E-state index in [1.165, 1.54) is 0 Å². The molecule has 0 aromatic carbocycles. The highest BCUT2D eigenvalue weighted by Crippen LogP contribution is 2.30. The predicted molar refractivity (Wildman–Crippen MR) is 63.4 cm³/mol. The second-order valence-corrected chi connectivity index (χ2v) is 5.64. The maximum absolute atomic E-state index is 9.56. The molecule has 2 N–H and O–H groups in total. The topological polar surface area (TPSA) is 52.9 Å². The molecule has 1 rings (SSSR count). The van der Waals surface area contributed by atoms with E-state index in [2.05, 4.69) is 4.90 Å². The number of aliphatic hydroxyl groups excluding tert-OH is 2. The molecule has 1 heterocycles. The molecule has 96 valence electrons. The molecule has 0 amide bonds. The van der Waals surface area contributed by atoms with Crippen LogP contribution in [-0.2, 0) is 4.74 Å². The van der Waals surface area contributed by atoms with E-state index in [9.17, 15) is 10.2 Å². The molecule has 16 heavy (non-hydrogen) atoms. The Kier molecular flexibility index (Phi) is 4.73. The minimum atomic E-state index is -0.250. The van der Waals surface area contributed by atoms with Crippen LogP contribution in [0.3, 0.4) is 0 Å². The first-order valence-corrected chi connectivity index (χ1v) is 5.96. The lowest BCUT2D eigenvalue weighted by molar-refractivity contribution is -0.0689. The molecule has 0 saturated carbocycles. The Morgan fingerprint density at radius 1 is 1.38 bits per heavy atom. The molecule has 1 aliphatic heterocycles. The predicted octanol–water partition coefficient (Wildman–Crippen LogP) is 0.478. The monoisotopic (exact) mass is 231 g/mol. The number of nitrogens with zero attached hydrogens (tertiary/aromatic N) is 1. The van der Waals surface area contributed by atoms with Crippen molar-refractivity contribution in [2.45, 2.75) is 32.2 Å². The molecule has 0 spiro atoms. The summed E-state index contributed by atoms with van der Waals surface area (Å²) in [5, 5.41) is 18.9. The van der Waals surface area contributed by atoms with Crippen LogP contribution in [-0.4, -0.2) is 60.7 Å². The van der Waals surface area contributed by atoms with E-state index in [0.717, 1.165) is 26.0 Å². The van der Waals surface area contributed by atoms with E-state index in [1.54, 1.807) is 0 Å². The molecular formula is C12H25NO3. The van der Waals surface area contributed by atoms with Gasteiger partial charge in [0.1, 0.15) is 0 Å². The molecule has 4 heteroatoms. The fourth-order valence-corrected chi connectivity index (χ4v) is 2.05. The Bertz CT molecular complexity index is 212. The standard InChI is InChI=1S/C12H25NO3/c1-11(2,8-14)13(3)7-12(9-15)5-4-6-16-10-12/h14-15H,4-10H2,1-3H3. The summed E-state index contributed by atoms with van der Waals surface area (Å²) in [5.41, 5.74) is -0.404. The SMILES string of the molecule is CN(CC1(CO)CCCOC1)C(C)(C)CO. The van der Waals surface area contributed by atoms with Gasteiger partial charge in [0.2, 0.25) is 0 Å². The van der Waals surface area contributed by atoms with Crippen LogP contribution >= 0.6 is 0 Å². The zero-order chi connectivity index (χ0) is 12.2. The van der Waals surface area contributed by atoms with Crippen LogP contribution in [0.5, 0.6) is 0 Å². The van der Waals surface area contributed by atoms with E-state index in [0.29, 0.717) is 6.61 Å². The Balaban J connectivity index is 2.62. The van der Waals surface area contributed by atoms with Gasteiger partial charge in [-0.05, 0) is 33.7 Å². The van der Waals surface area contributed by atoms with Crippen molar-refractivity contribution in [3.8, 4) is 0 Å². The molecule has 0 bridgehead atoms. The van der Waals surface area contributed by atoms with Crippen LogP contribution in [0.1, 0.15) is 26.7 Å². The van der Waals surface area contributed by atoms with Gasteiger partial charge >= 0.3 is 0 Å². The fourth-order valence-electron chi connectivity index (χ4n) is 2.05. The Labute approximate surface area is 98.2 Å². The Morgan fingerprint density at radius 2 is 2.06 bits per heavy atom. The summed E-state index contributed by atoms with van der Waals surface area (Å²) in [6.45, 7) is 6.45. The molecular weight excluding hydrogens is 206 g/mol. The molecule has 0 radical (unpaired) electrons. The normalized spacial score (nSPS) is 27.4. The lowest BCUT2D eigenvalue weighted by atomic mass is 9.82. The summed E-state index contributed by atoms with van der Waals surface area (Å²) in [5.74, 6) is 0. The zero-order valence-electron chi connectivity index (χ0n) is 10.7. The number of likely N-dealkylation sites (N-methyl/N-ethyl adjacent to an activating group) is 1. The van der Waals surface area contributed by atoms with E-state index in [-0.39, 0.29) is 24.2 Å². The molecule has 0 aliphatic carbocycles. The average Bonchev–Trinajstić information content (AvgIpc) is 2.30. The highest BCUT2D eigenvalue weighted by atomic mass is 16.5. The summed E-state index contributed by atoms with van der Waals surface area (Å²) in [4.78, 5) is 2.11. The van der Waals surface area contributed by atoms with E-state index in [1.807, 2.05) is 20.9 Å². The van der Waals surface area contributed by atoms with Crippen molar-refractivity contribution < 1.29 is 14.9 Å². The summed E-state index contributed by atoms with van der Waals surface area (Å²) >= 11 is 0. The van der Waals surface area contributed by atoms with Gasteiger partial charge in [-0.25, -0.2) is 0 Å². The molecule has 1 fully saturated rings. The van der Waals surface area contributed by atoms with Crippen molar-refractivity contribution in [1.82, 2.24) is 4.90 Å². The summed E-state index contributed by atoms with van der Waals surface area (Å²) in [6, 6.07) is 0. The van der Waals surface area contributed by atoms with E-state index in [4.69, 9.17) is 4.74 Å². The van der Waals surface area contributed by atoms with Gasteiger partial charge in [-0.3, -0.25) is 4.90 Å². The second kappa shape index (κ2) is 5.45.